The molecular formula is C26H39N5O9S2. The molecule has 0 unspecified atom stereocenters. The number of sulfonamides is 1. The lowest BCUT2D eigenvalue weighted by atomic mass is 10.1. The van der Waals surface area contributed by atoms with Gasteiger partial charge in [0.1, 0.15) is 17.1 Å². The molecule has 1 aliphatic rings. The second-order valence-electron chi connectivity index (χ2n) is 9.71. The van der Waals surface area contributed by atoms with E-state index in [-0.39, 0.29) is 18.5 Å². The molecule has 16 heteroatoms. The molecule has 4 rings (SSSR count). The van der Waals surface area contributed by atoms with E-state index >= 15 is 0 Å². The number of piperazine rings is 1. The van der Waals surface area contributed by atoms with E-state index in [0.29, 0.717) is 74.0 Å². The summed E-state index contributed by atoms with van der Waals surface area (Å²) in [6.45, 7) is 9.54. The second-order valence-corrected chi connectivity index (χ2v) is 12.5. The molecule has 0 atom stereocenters. The first-order chi connectivity index (χ1) is 19.8. The maximum absolute atomic E-state index is 13.5. The largest absolute Gasteiger partial charge is 1.00 e. The van der Waals surface area contributed by atoms with Gasteiger partial charge in [0.05, 0.1) is 29.2 Å². The highest BCUT2D eigenvalue weighted by atomic mass is 32.3. The van der Waals surface area contributed by atoms with Crippen LogP contribution in [0.5, 0.6) is 5.75 Å². The molecule has 3 aromatic rings. The smallest absolute Gasteiger partial charge is 0.726 e. The van der Waals surface area contributed by atoms with Crippen molar-refractivity contribution in [2.45, 2.75) is 51.5 Å². The SMILES string of the molecule is CCCOc1ccc(S(=O)(=O)N2CCN(CCO)CC2)cc1-c1nc2c(CCC)cn(CC)c2c(=O)[nH]1.O=S(=O)([O-])O.[H+]. The van der Waals surface area contributed by atoms with Gasteiger partial charge in [0.25, 0.3) is 5.56 Å². The van der Waals surface area contributed by atoms with Gasteiger partial charge in [0.15, 0.2) is 0 Å². The van der Waals surface area contributed by atoms with Gasteiger partial charge in [0, 0.05) is 45.5 Å². The Morgan fingerprint density at radius 2 is 1.76 bits per heavy atom. The fourth-order valence-electron chi connectivity index (χ4n) is 4.78. The molecule has 0 bridgehead atoms. The van der Waals surface area contributed by atoms with Crippen LogP contribution < -0.4 is 10.3 Å². The van der Waals surface area contributed by atoms with Gasteiger partial charge in [-0.2, -0.15) is 4.31 Å². The summed E-state index contributed by atoms with van der Waals surface area (Å²) in [6, 6.07) is 4.76. The van der Waals surface area contributed by atoms with Gasteiger partial charge in [-0.25, -0.2) is 21.8 Å². The van der Waals surface area contributed by atoms with Gasteiger partial charge >= 0.3 is 1.43 Å². The zero-order valence-electron chi connectivity index (χ0n) is 24.9. The summed E-state index contributed by atoms with van der Waals surface area (Å²) < 4.78 is 69.2. The van der Waals surface area contributed by atoms with Crippen LogP contribution in [-0.4, -0.2) is 101 Å². The molecule has 234 valence electrons. The molecular weight excluding hydrogens is 590 g/mol. The van der Waals surface area contributed by atoms with Crippen molar-refractivity contribution in [2.75, 3.05) is 45.9 Å². The van der Waals surface area contributed by atoms with Crippen LogP contribution in [0.25, 0.3) is 22.4 Å². The fourth-order valence-corrected chi connectivity index (χ4v) is 6.23. The summed E-state index contributed by atoms with van der Waals surface area (Å²) in [7, 11) is -8.69. The molecule has 0 amide bonds. The zero-order chi connectivity index (χ0) is 31.1. The predicted molar refractivity (Wildman–Crippen MR) is 157 cm³/mol. The Balaban J connectivity index is 0.000000993. The fraction of sp³-hybridized carbons (Fsp3) is 0.538. The van der Waals surface area contributed by atoms with Crippen molar-refractivity contribution in [1.82, 2.24) is 23.7 Å². The van der Waals surface area contributed by atoms with E-state index in [2.05, 4.69) is 11.9 Å². The summed E-state index contributed by atoms with van der Waals surface area (Å²) in [5.41, 5.74) is 2.33. The molecule has 0 spiro atoms. The lowest BCUT2D eigenvalue weighted by molar-refractivity contribution is 0.151. The van der Waals surface area contributed by atoms with E-state index in [4.69, 9.17) is 27.2 Å². The average molecular weight is 630 g/mol. The van der Waals surface area contributed by atoms with Gasteiger partial charge in [-0.05, 0) is 43.5 Å². The highest BCUT2D eigenvalue weighted by Crippen LogP contribution is 2.33. The summed E-state index contributed by atoms with van der Waals surface area (Å²) in [6.07, 6.45) is 4.46. The van der Waals surface area contributed by atoms with E-state index in [1.54, 1.807) is 18.2 Å². The van der Waals surface area contributed by atoms with Crippen molar-refractivity contribution < 1.29 is 37.2 Å². The third-order valence-corrected chi connectivity index (χ3v) is 8.61. The molecule has 3 heterocycles. The Morgan fingerprint density at radius 3 is 2.33 bits per heavy atom. The minimum Gasteiger partial charge on any atom is -0.726 e. The minimum absolute atomic E-state index is 0. The number of aromatic amines is 1. The number of benzene rings is 1. The first-order valence-electron chi connectivity index (χ1n) is 13.7. The third kappa shape index (κ3) is 8.37. The van der Waals surface area contributed by atoms with Crippen LogP contribution in [0.1, 0.15) is 40.6 Å². The van der Waals surface area contributed by atoms with Crippen LogP contribution in [0.15, 0.2) is 34.1 Å². The van der Waals surface area contributed by atoms with Crippen molar-refractivity contribution >= 4 is 31.5 Å². The number of hydrogen-bond acceptors (Lipinski definition) is 10. The first-order valence-corrected chi connectivity index (χ1v) is 16.5. The predicted octanol–water partition coefficient (Wildman–Crippen LogP) is 1.57. The highest BCUT2D eigenvalue weighted by Gasteiger charge is 2.29. The van der Waals surface area contributed by atoms with Crippen LogP contribution in [0.3, 0.4) is 0 Å². The monoisotopic (exact) mass is 629 g/mol. The van der Waals surface area contributed by atoms with Crippen molar-refractivity contribution in [2.24, 2.45) is 0 Å². The van der Waals surface area contributed by atoms with Gasteiger partial charge < -0.3 is 23.9 Å². The number of nitrogens with one attached hydrogen (secondary N) is 1. The lowest BCUT2D eigenvalue weighted by Gasteiger charge is -2.33. The van der Waals surface area contributed by atoms with Gasteiger partial charge in [0.2, 0.25) is 20.4 Å². The molecule has 42 heavy (non-hydrogen) atoms. The Bertz CT molecular complexity index is 1630. The number of hydrogen-bond donors (Lipinski definition) is 3. The summed E-state index contributed by atoms with van der Waals surface area (Å²) >= 11 is 0. The Kier molecular flexibility index (Phi) is 11.7. The van der Waals surface area contributed by atoms with Gasteiger partial charge in [-0.1, -0.05) is 20.3 Å². The number of H-pyrrole nitrogens is 1. The van der Waals surface area contributed by atoms with Gasteiger partial charge in [-0.15, -0.1) is 0 Å². The standard InChI is InChI=1S/C26H37N5O5S.H2O4S/c1-4-7-19-18-30(6-3)24-23(19)27-25(28-26(24)33)21-17-20(8-9-22(21)36-16-5-2)37(34,35)31-12-10-29(11-13-31)14-15-32;1-5(2,3)4/h8-9,17-18,32H,4-7,10-16H2,1-3H3,(H,27,28,33);(H2,1,2,3,4). The highest BCUT2D eigenvalue weighted by molar-refractivity contribution is 7.89. The minimum atomic E-state index is -4.92. The maximum atomic E-state index is 13.5. The van der Waals surface area contributed by atoms with E-state index in [9.17, 15) is 18.3 Å². The summed E-state index contributed by atoms with van der Waals surface area (Å²) in [5, 5.41) is 9.18. The van der Waals surface area contributed by atoms with Crippen LogP contribution in [0, 0.1) is 0 Å². The van der Waals surface area contributed by atoms with Crippen LogP contribution in [0.2, 0.25) is 0 Å². The summed E-state index contributed by atoms with van der Waals surface area (Å²) in [5.74, 6) is 0.766. The Morgan fingerprint density at radius 1 is 1.10 bits per heavy atom. The van der Waals surface area contributed by atoms with Crippen LogP contribution >= 0.6 is 0 Å². The number of aliphatic hydroxyl groups is 1. The molecule has 1 saturated heterocycles. The molecule has 2 aromatic heterocycles. The first kappa shape index (κ1) is 33.6. The topological polar surface area (TPSA) is 198 Å². The van der Waals surface area contributed by atoms with E-state index in [1.165, 1.54) is 4.31 Å². The molecule has 1 aliphatic heterocycles. The van der Waals surface area contributed by atoms with Crippen molar-refractivity contribution in [3.63, 3.8) is 0 Å². The molecule has 0 saturated carbocycles. The Hall–Kier alpha value is -2.86. The summed E-state index contributed by atoms with van der Waals surface area (Å²) in [4.78, 5) is 23.1. The normalized spacial score (nSPS) is 15.0. The number of β-amino-alcohol motifs (C(OH)–C–C–N with tert-alkyl or cyclic N) is 1. The quantitative estimate of drug-likeness (QED) is 0.205. The third-order valence-electron chi connectivity index (χ3n) is 6.71. The zero-order valence-corrected chi connectivity index (χ0v) is 25.6. The maximum Gasteiger partial charge on any atom is 1.00 e. The molecule has 1 aromatic carbocycles. The second kappa shape index (κ2) is 14.5. The van der Waals surface area contributed by atoms with E-state index < -0.39 is 20.4 Å². The average Bonchev–Trinajstić information content (AvgIpc) is 3.29. The van der Waals surface area contributed by atoms with Gasteiger partial charge in [-0.3, -0.25) is 14.2 Å². The van der Waals surface area contributed by atoms with Crippen LogP contribution in [-0.2, 0) is 33.4 Å². The van der Waals surface area contributed by atoms with Crippen molar-refractivity contribution in [3.8, 4) is 17.1 Å². The molecule has 3 N–H and O–H groups in total. The molecule has 0 aliphatic carbocycles. The van der Waals surface area contributed by atoms with Crippen molar-refractivity contribution in [1.29, 1.82) is 0 Å². The van der Waals surface area contributed by atoms with Crippen molar-refractivity contribution in [3.05, 3.63) is 40.3 Å². The number of ether oxygens (including phenoxy) is 1. The van der Waals surface area contributed by atoms with E-state index in [1.807, 2.05) is 29.5 Å². The van der Waals surface area contributed by atoms with E-state index in [0.717, 1.165) is 24.8 Å². The number of rotatable bonds is 11. The number of aliphatic hydroxyl groups excluding tert-OH is 1. The number of aromatic nitrogens is 3. The molecule has 0 radical (unpaired) electrons. The number of aryl methyl sites for hydroxylation is 2. The van der Waals surface area contributed by atoms with Crippen LogP contribution in [0.4, 0.5) is 0 Å². The lowest BCUT2D eigenvalue weighted by Crippen LogP contribution is -2.49. The molecule has 1 fully saturated rings. The number of fused-ring (bicyclic) bond motifs is 1. The Labute approximate surface area is 247 Å². The molecule has 14 nitrogen and oxygen atoms in total. The number of nitrogens with zero attached hydrogens (tertiary/aromatic N) is 4.